The van der Waals surface area contributed by atoms with Gasteiger partial charge in [0.05, 0.1) is 0 Å². The summed E-state index contributed by atoms with van der Waals surface area (Å²) in [5.74, 6) is 0. The van der Waals surface area contributed by atoms with Crippen LogP contribution in [0.1, 0.15) is 100 Å². The van der Waals surface area contributed by atoms with Gasteiger partial charge in [-0.1, -0.05) is 68.2 Å². The zero-order valence-corrected chi connectivity index (χ0v) is 24.1. The van der Waals surface area contributed by atoms with Crippen LogP contribution in [0.5, 0.6) is 0 Å². The van der Waals surface area contributed by atoms with Crippen molar-refractivity contribution in [3.8, 4) is 0 Å². The summed E-state index contributed by atoms with van der Waals surface area (Å²) in [5.41, 5.74) is 3.33. The van der Waals surface area contributed by atoms with Crippen molar-refractivity contribution in [3.05, 3.63) is 0 Å². The van der Waals surface area contributed by atoms with Crippen molar-refractivity contribution < 1.29 is 19.2 Å². The van der Waals surface area contributed by atoms with E-state index in [0.717, 1.165) is 11.3 Å². The first-order valence-corrected chi connectivity index (χ1v) is 17.2. The molecule has 1 saturated carbocycles. The Labute approximate surface area is 186 Å². The van der Waals surface area contributed by atoms with Crippen LogP contribution in [0.2, 0.25) is 10.5 Å². The van der Waals surface area contributed by atoms with Gasteiger partial charge in [-0.2, -0.15) is 0 Å². The molecule has 0 N–H and O–H groups in total. The third kappa shape index (κ3) is 9.50. The summed E-state index contributed by atoms with van der Waals surface area (Å²) in [7, 11) is 2.42. The van der Waals surface area contributed by atoms with E-state index < -0.39 is 0 Å². The first-order chi connectivity index (χ1) is 12.5. The summed E-state index contributed by atoms with van der Waals surface area (Å²) in [4.78, 5) is 0. The Morgan fingerprint density at radius 3 is 1.37 bits per heavy atom. The molecule has 1 rings (SSSR count). The van der Waals surface area contributed by atoms with E-state index >= 15 is 0 Å². The number of hydrogen-bond acceptors (Lipinski definition) is 0. The SMILES string of the molecule is CCCCPC1CC(PCCCC)CC(C(C)(C)C)(C(C)(C)C)C1.[CH3][Ti][CH3]. The molecule has 4 unspecified atom stereocenters. The van der Waals surface area contributed by atoms with Gasteiger partial charge in [0.2, 0.25) is 0 Å². The summed E-state index contributed by atoms with van der Waals surface area (Å²) in [6.45, 7) is 19.9. The average molecular weight is 450 g/mol. The molecule has 0 spiro atoms. The zero-order valence-electron chi connectivity index (χ0n) is 20.5. The van der Waals surface area contributed by atoms with Crippen molar-refractivity contribution in [1.82, 2.24) is 0 Å². The summed E-state index contributed by atoms with van der Waals surface area (Å²) < 4.78 is 0. The van der Waals surface area contributed by atoms with Crippen molar-refractivity contribution in [2.75, 3.05) is 12.3 Å². The van der Waals surface area contributed by atoms with Gasteiger partial charge in [0.1, 0.15) is 0 Å². The molecule has 0 aromatic rings. The first kappa shape index (κ1) is 28.6. The molecule has 0 radical (unpaired) electrons. The third-order valence-electron chi connectivity index (χ3n) is 6.56. The molecule has 27 heavy (non-hydrogen) atoms. The zero-order chi connectivity index (χ0) is 21.1. The molecule has 1 aliphatic rings. The predicted molar refractivity (Wildman–Crippen MR) is 131 cm³/mol. The van der Waals surface area contributed by atoms with E-state index in [0.29, 0.717) is 35.4 Å². The van der Waals surface area contributed by atoms with Crippen molar-refractivity contribution in [2.45, 2.75) is 122 Å². The van der Waals surface area contributed by atoms with Crippen LogP contribution in [0.15, 0.2) is 0 Å². The summed E-state index contributed by atoms with van der Waals surface area (Å²) in [6, 6.07) is 0. The number of unbranched alkanes of at least 4 members (excludes halogenated alkanes) is 2. The van der Waals surface area contributed by atoms with Crippen molar-refractivity contribution in [3.63, 3.8) is 0 Å². The Morgan fingerprint density at radius 2 is 1.11 bits per heavy atom. The number of rotatable bonds is 8. The van der Waals surface area contributed by atoms with Crippen LogP contribution in [-0.2, 0) is 19.2 Å². The second-order valence-electron chi connectivity index (χ2n) is 10.7. The Morgan fingerprint density at radius 1 is 0.778 bits per heavy atom. The van der Waals surface area contributed by atoms with Gasteiger partial charge < -0.3 is 0 Å². The normalized spacial score (nSPS) is 23.6. The van der Waals surface area contributed by atoms with Crippen molar-refractivity contribution in [2.24, 2.45) is 16.2 Å². The van der Waals surface area contributed by atoms with Crippen LogP contribution in [0.3, 0.4) is 0 Å². The molecule has 0 nitrogen and oxygen atoms in total. The summed E-state index contributed by atoms with van der Waals surface area (Å²) >= 11 is 0.500. The van der Waals surface area contributed by atoms with E-state index in [1.165, 1.54) is 74.4 Å². The molecule has 0 aliphatic heterocycles. The van der Waals surface area contributed by atoms with Gasteiger partial charge in [0.25, 0.3) is 0 Å². The fourth-order valence-corrected chi connectivity index (χ4v) is 9.12. The molecular weight excluding hydrogens is 398 g/mol. The minimum absolute atomic E-state index is 0.409. The summed E-state index contributed by atoms with van der Waals surface area (Å²) in [6.07, 6.45) is 13.1. The Balaban J connectivity index is 0.00000210. The molecule has 0 saturated heterocycles. The van der Waals surface area contributed by atoms with Crippen molar-refractivity contribution >= 4 is 17.2 Å². The average Bonchev–Trinajstić information content (AvgIpc) is 2.54. The van der Waals surface area contributed by atoms with Crippen molar-refractivity contribution in [1.29, 1.82) is 0 Å². The Hall–Kier alpha value is 1.57. The predicted octanol–water partition coefficient (Wildman–Crippen LogP) is 9.11. The fraction of sp³-hybridized carbons (Fsp3) is 1.00. The van der Waals surface area contributed by atoms with Gasteiger partial charge >= 0.3 is 29.6 Å². The van der Waals surface area contributed by atoms with E-state index in [9.17, 15) is 0 Å². The summed E-state index contributed by atoms with van der Waals surface area (Å²) in [5, 5.41) is 4.50. The van der Waals surface area contributed by atoms with E-state index in [2.05, 4.69) is 65.8 Å². The van der Waals surface area contributed by atoms with E-state index in [-0.39, 0.29) is 0 Å². The van der Waals surface area contributed by atoms with E-state index in [1.807, 2.05) is 0 Å². The van der Waals surface area contributed by atoms with Gasteiger partial charge in [0.15, 0.2) is 0 Å². The number of hydrogen-bond donors (Lipinski definition) is 0. The molecule has 0 aromatic carbocycles. The molecule has 0 heterocycles. The molecule has 0 aromatic heterocycles. The second kappa shape index (κ2) is 13.8. The van der Waals surface area contributed by atoms with Gasteiger partial charge in [-0.3, -0.25) is 0 Å². The first-order valence-electron chi connectivity index (χ1n) is 11.5. The van der Waals surface area contributed by atoms with E-state index in [1.54, 1.807) is 0 Å². The maximum absolute atomic E-state index is 2.53. The van der Waals surface area contributed by atoms with Crippen LogP contribution in [-0.4, -0.2) is 23.6 Å². The van der Waals surface area contributed by atoms with Crippen LogP contribution >= 0.6 is 17.2 Å². The van der Waals surface area contributed by atoms with Crippen LogP contribution in [0.4, 0.5) is 0 Å². The quantitative estimate of drug-likeness (QED) is 0.196. The topological polar surface area (TPSA) is 0 Å². The van der Waals surface area contributed by atoms with Gasteiger partial charge in [-0.25, -0.2) is 0 Å². The molecule has 0 bridgehead atoms. The van der Waals surface area contributed by atoms with Gasteiger partial charge in [0, 0.05) is 0 Å². The van der Waals surface area contributed by atoms with Gasteiger partial charge in [-0.15, -0.1) is 17.2 Å². The van der Waals surface area contributed by atoms with Crippen LogP contribution in [0.25, 0.3) is 0 Å². The van der Waals surface area contributed by atoms with Gasteiger partial charge in [-0.05, 0) is 72.0 Å². The standard InChI is InChI=1S/C22H46P2.2CH3.Ti/c1-9-11-13-23-18-15-19(24-14-12-10-2)17-22(16-18,20(3,4)5)21(6,7)8;;;/h18-19,23-24H,9-17H2,1-8H3;2*1H3;. The fourth-order valence-electron chi connectivity index (χ4n) is 5.06. The second-order valence-corrected chi connectivity index (χ2v) is 15.7. The maximum atomic E-state index is 2.53. The minimum atomic E-state index is 0.409. The molecule has 162 valence electrons. The molecule has 1 fully saturated rings. The third-order valence-corrected chi connectivity index (χ3v) is 9.88. The molecule has 1 aliphatic carbocycles. The monoisotopic (exact) mass is 450 g/mol. The Kier molecular flexibility index (Phi) is 14.6. The van der Waals surface area contributed by atoms with E-state index in [4.69, 9.17) is 0 Å². The molecular formula is C24H52P2Ti. The van der Waals surface area contributed by atoms with Crippen LogP contribution < -0.4 is 0 Å². The molecule has 4 atom stereocenters. The molecule has 0 amide bonds. The Bertz CT molecular complexity index is 334. The van der Waals surface area contributed by atoms with Crippen LogP contribution in [0, 0.1) is 16.2 Å². The molecule has 3 heteroatoms.